The van der Waals surface area contributed by atoms with Crippen LogP contribution in [0.5, 0.6) is 0 Å². The molecule has 0 aliphatic carbocycles. The van der Waals surface area contributed by atoms with Gasteiger partial charge < -0.3 is 30.3 Å². The zero-order valence-corrected chi connectivity index (χ0v) is 13.7. The molecule has 1 radical (unpaired) electrons. The molecule has 0 heterocycles. The normalized spacial score (nSPS) is 9.75. The van der Waals surface area contributed by atoms with Crippen molar-refractivity contribution in [3.05, 3.63) is 60.7 Å². The van der Waals surface area contributed by atoms with Crippen LogP contribution in [0.1, 0.15) is 0 Å². The summed E-state index contributed by atoms with van der Waals surface area (Å²) < 4.78 is 0. The van der Waals surface area contributed by atoms with Crippen molar-refractivity contribution < 1.29 is 26.8 Å². The molecule has 0 spiro atoms. The van der Waals surface area contributed by atoms with E-state index < -0.39 is 9.39 Å². The van der Waals surface area contributed by atoms with Crippen molar-refractivity contribution in [1.29, 1.82) is 0 Å². The molecule has 0 nitrogen and oxygen atoms in total. The zero-order chi connectivity index (χ0) is 11.6. The van der Waals surface area contributed by atoms with Crippen molar-refractivity contribution >= 4 is 40.2 Å². The molecule has 0 aliphatic heterocycles. The maximum absolute atomic E-state index is 4.98. The first-order chi connectivity index (χ1) is 7.00. The van der Waals surface area contributed by atoms with Gasteiger partial charge in [-0.05, 0) is 0 Å². The van der Waals surface area contributed by atoms with Crippen molar-refractivity contribution in [2.24, 2.45) is 0 Å². The molecular weight excluding hydrogens is 366 g/mol. The monoisotopic (exact) mass is 374 g/mol. The molecule has 0 saturated carbocycles. The Morgan fingerprint density at radius 3 is 1.06 bits per heavy atom. The van der Waals surface area contributed by atoms with E-state index in [2.05, 4.69) is 0 Å². The molecule has 0 fully saturated rings. The van der Waals surface area contributed by atoms with Crippen LogP contribution in [0.3, 0.4) is 0 Å². The summed E-state index contributed by atoms with van der Waals surface area (Å²) in [6, 6.07) is 20.0. The summed E-state index contributed by atoms with van der Waals surface area (Å²) in [5.74, 6) is 0. The Bertz CT molecular complexity index is 220. The Morgan fingerprint density at radius 1 is 0.688 bits per heavy atom. The number of hydrogen-bond donors (Lipinski definition) is 0. The van der Waals surface area contributed by atoms with Gasteiger partial charge >= 0.3 is 66.9 Å². The third kappa shape index (κ3) is 24.2. The minimum Gasteiger partial charge on any atom is -0.748 e. The fourth-order valence-corrected chi connectivity index (χ4v) is 0.642. The van der Waals surface area contributed by atoms with Gasteiger partial charge in [-0.25, -0.2) is 12.1 Å². The molecule has 0 saturated heterocycles. The van der Waals surface area contributed by atoms with Crippen molar-refractivity contribution in [2.75, 3.05) is 0 Å². The van der Waals surface area contributed by atoms with E-state index in [1.54, 1.807) is 0 Å². The van der Waals surface area contributed by atoms with Crippen LogP contribution in [0.15, 0.2) is 60.7 Å². The van der Waals surface area contributed by atoms with Crippen LogP contribution < -0.4 is 0 Å². The molecule has 0 atom stereocenters. The van der Waals surface area contributed by atoms with Crippen LogP contribution in [0.25, 0.3) is 0 Å². The van der Waals surface area contributed by atoms with E-state index in [0.717, 1.165) is 0 Å². The maximum atomic E-state index is 4.98. The second kappa shape index (κ2) is 12.4. The molecule has 6 heteroatoms. The molecule has 0 aromatic heterocycles. The molecule has 0 bridgehead atoms. The third-order valence-corrected chi connectivity index (χ3v) is 1.11. The SMILES string of the molecule is [Cl][Cr]([Cl])([Cl])[Cl].[Cr+5].[cH-]1[cH-][cH-][cH-][cH-]1.c1cc[cH-]c1. The maximum Gasteiger partial charge on any atom is 5.00 e. The van der Waals surface area contributed by atoms with Gasteiger partial charge in [-0.2, -0.15) is 18.2 Å². The van der Waals surface area contributed by atoms with E-state index in [0.29, 0.717) is 0 Å². The topological polar surface area (TPSA) is 0 Å². The van der Waals surface area contributed by atoms with E-state index >= 15 is 0 Å². The van der Waals surface area contributed by atoms with Crippen molar-refractivity contribution in [2.45, 2.75) is 0 Å². The van der Waals surface area contributed by atoms with Gasteiger partial charge in [-0.15, -0.1) is 0 Å². The van der Waals surface area contributed by atoms with Crippen LogP contribution in [-0.4, -0.2) is 0 Å². The van der Waals surface area contributed by atoms with Gasteiger partial charge in [0.05, 0.1) is 0 Å². The summed E-state index contributed by atoms with van der Waals surface area (Å²) in [4.78, 5) is 0. The first kappa shape index (κ1) is 19.3. The van der Waals surface area contributed by atoms with Gasteiger partial charge in [0.1, 0.15) is 0 Å². The average molecular weight is 376 g/mol. The first-order valence-electron chi connectivity index (χ1n) is 3.95. The Labute approximate surface area is 126 Å². The van der Waals surface area contributed by atoms with Crippen LogP contribution in [0, 0.1) is 0 Å². The van der Waals surface area contributed by atoms with Gasteiger partial charge in [0.15, 0.2) is 0 Å². The Balaban J connectivity index is 0. The van der Waals surface area contributed by atoms with Crippen LogP contribution in [0.2, 0.25) is 0 Å². The van der Waals surface area contributed by atoms with Crippen LogP contribution >= 0.6 is 40.2 Å². The summed E-state index contributed by atoms with van der Waals surface area (Å²) in [5, 5.41) is 0. The first-order valence-corrected chi connectivity index (χ1v) is 11.0. The van der Waals surface area contributed by atoms with Gasteiger partial charge in [0.2, 0.25) is 0 Å². The molecule has 2 aromatic carbocycles. The van der Waals surface area contributed by atoms with Crippen molar-refractivity contribution in [3.8, 4) is 0 Å². The van der Waals surface area contributed by atoms with E-state index in [1.807, 2.05) is 60.7 Å². The summed E-state index contributed by atoms with van der Waals surface area (Å²) in [6.45, 7) is 0. The number of rotatable bonds is 0. The fraction of sp³-hybridized carbons (Fsp3) is 0. The second-order valence-corrected chi connectivity index (χ2v) is 14.9. The van der Waals surface area contributed by atoms with E-state index in [4.69, 9.17) is 40.2 Å². The Morgan fingerprint density at radius 2 is 0.938 bits per heavy atom. The molecule has 0 amide bonds. The predicted molar refractivity (Wildman–Crippen MR) is 67.5 cm³/mol. The fourth-order valence-electron chi connectivity index (χ4n) is 0.642. The number of halogens is 4. The van der Waals surface area contributed by atoms with Crippen LogP contribution in [0.4, 0.5) is 0 Å². The summed E-state index contributed by atoms with van der Waals surface area (Å²) in [6.07, 6.45) is 0. The molecule has 0 unspecified atom stereocenters. The van der Waals surface area contributed by atoms with Gasteiger partial charge in [0, 0.05) is 0 Å². The quantitative estimate of drug-likeness (QED) is 0.528. The van der Waals surface area contributed by atoms with E-state index in [9.17, 15) is 0 Å². The summed E-state index contributed by atoms with van der Waals surface area (Å²) in [7, 11) is 17.1. The van der Waals surface area contributed by atoms with E-state index in [-0.39, 0.29) is 17.4 Å². The Hall–Kier alpha value is 0.925. The molecule has 0 aliphatic rings. The molecule has 2 aromatic rings. The van der Waals surface area contributed by atoms with Crippen LogP contribution in [-0.2, 0) is 26.8 Å². The smallest absolute Gasteiger partial charge is 0.748 e. The van der Waals surface area contributed by atoms with Crippen molar-refractivity contribution in [3.63, 3.8) is 0 Å². The second-order valence-electron chi connectivity index (χ2n) is 2.27. The summed E-state index contributed by atoms with van der Waals surface area (Å²) in [5.41, 5.74) is 0. The van der Waals surface area contributed by atoms with Crippen molar-refractivity contribution in [1.82, 2.24) is 0 Å². The molecule has 2 rings (SSSR count). The van der Waals surface area contributed by atoms with Gasteiger partial charge in [-0.3, -0.25) is 0 Å². The van der Waals surface area contributed by atoms with Gasteiger partial charge in [-0.1, -0.05) is 0 Å². The summed E-state index contributed by atoms with van der Waals surface area (Å²) >= 11 is 0. The zero-order valence-electron chi connectivity index (χ0n) is 8.10. The molecule has 0 N–H and O–H groups in total. The molecule has 16 heavy (non-hydrogen) atoms. The minimum absolute atomic E-state index is 0. The van der Waals surface area contributed by atoms with Gasteiger partial charge in [0.25, 0.3) is 0 Å². The molecule has 91 valence electrons. The number of hydrogen-bond acceptors (Lipinski definition) is 0. The average Bonchev–Trinajstić information content (AvgIpc) is 2.81. The standard InChI is InChI=1S/2C5H5.4ClH.2Cr/c2*1-2-4-5-3-1;;;;;;/h2*1-5H;4*1H;;/q-5;-1;;;;;+4;+5/p-4. The van der Waals surface area contributed by atoms with E-state index in [1.165, 1.54) is 0 Å². The molecular formula is C10H10Cl4Cr2-. The minimum atomic E-state index is -2.86. The third-order valence-electron chi connectivity index (χ3n) is 1.11. The largest absolute Gasteiger partial charge is 5.00 e. The Kier molecular flexibility index (Phi) is 14.9. The predicted octanol–water partition coefficient (Wildman–Crippen LogP) is 5.56.